The fourth-order valence-electron chi connectivity index (χ4n) is 3.55. The Morgan fingerprint density at radius 1 is 1.16 bits per heavy atom. The van der Waals surface area contributed by atoms with Crippen molar-refractivity contribution in [1.29, 1.82) is 0 Å². The minimum Gasteiger partial charge on any atom is -0.492 e. The lowest BCUT2D eigenvalue weighted by atomic mass is 9.97. The molecule has 1 heterocycles. The van der Waals surface area contributed by atoms with Crippen LogP contribution in [0.1, 0.15) is 35.7 Å². The van der Waals surface area contributed by atoms with Gasteiger partial charge in [0.25, 0.3) is 5.91 Å². The van der Waals surface area contributed by atoms with Crippen LogP contribution in [0.3, 0.4) is 0 Å². The van der Waals surface area contributed by atoms with Crippen LogP contribution in [0.15, 0.2) is 53.0 Å². The lowest BCUT2D eigenvalue weighted by Gasteiger charge is -2.32. The molecule has 2 aromatic carbocycles. The van der Waals surface area contributed by atoms with Gasteiger partial charge in [0.05, 0.1) is 24.7 Å². The fourth-order valence-corrected chi connectivity index (χ4v) is 4.19. The Hall–Kier alpha value is -2.45. The van der Waals surface area contributed by atoms with Crippen LogP contribution in [0.25, 0.3) is 0 Å². The van der Waals surface area contributed by atoms with Gasteiger partial charge in [0.1, 0.15) is 5.75 Å². The van der Waals surface area contributed by atoms with Crippen molar-refractivity contribution in [3.63, 3.8) is 0 Å². The van der Waals surface area contributed by atoms with Gasteiger partial charge in [-0.2, -0.15) is 0 Å². The van der Waals surface area contributed by atoms with E-state index in [1.807, 2.05) is 41.3 Å². The molecule has 1 saturated heterocycles. The maximum Gasteiger partial charge on any atom is 0.309 e. The van der Waals surface area contributed by atoms with Crippen LogP contribution in [-0.2, 0) is 16.0 Å². The smallest absolute Gasteiger partial charge is 0.309 e. The summed E-state index contributed by atoms with van der Waals surface area (Å²) in [5.41, 5.74) is 1.58. The number of amides is 1. The molecule has 6 nitrogen and oxygen atoms in total. The first-order valence-electron chi connectivity index (χ1n) is 10.7. The number of rotatable bonds is 7. The second-order valence-corrected chi connectivity index (χ2v) is 8.80. The van der Waals surface area contributed by atoms with Crippen LogP contribution in [0, 0.1) is 5.92 Å². The highest BCUT2D eigenvalue weighted by atomic mass is 79.9. The Morgan fingerprint density at radius 3 is 2.56 bits per heavy atom. The van der Waals surface area contributed by atoms with Crippen LogP contribution in [0.2, 0.25) is 0 Å². The monoisotopic (exact) mass is 518 g/mol. The fraction of sp³-hybridized carbons (Fsp3) is 0.375. The van der Waals surface area contributed by atoms with Crippen LogP contribution >= 0.6 is 28.1 Å². The number of carbonyl (C=O) groups excluding carboxylic acids is 2. The number of hydrogen-bond acceptors (Lipinski definition) is 5. The van der Waals surface area contributed by atoms with Crippen LogP contribution in [0.4, 0.5) is 0 Å². The average molecular weight is 519 g/mol. The van der Waals surface area contributed by atoms with E-state index in [1.165, 1.54) is 5.56 Å². The average Bonchev–Trinajstić information content (AvgIpc) is 2.81. The van der Waals surface area contributed by atoms with Crippen LogP contribution in [-0.4, -0.2) is 48.2 Å². The molecule has 0 aromatic heterocycles. The highest BCUT2D eigenvalue weighted by molar-refractivity contribution is 9.10. The molecule has 0 spiro atoms. The van der Waals surface area contributed by atoms with E-state index in [2.05, 4.69) is 21.2 Å². The largest absolute Gasteiger partial charge is 0.492 e. The molecule has 1 aliphatic heterocycles. The molecule has 2 aromatic rings. The zero-order valence-electron chi connectivity index (χ0n) is 18.0. The third-order valence-corrected chi connectivity index (χ3v) is 6.15. The Balaban J connectivity index is 1.56. The number of halogens is 1. The number of ether oxygens (including phenoxy) is 2. The molecule has 0 bridgehead atoms. The first kappa shape index (κ1) is 24.2. The van der Waals surface area contributed by atoms with E-state index in [1.54, 1.807) is 19.1 Å². The molecular formula is C24H27BrN2O4S. The lowest BCUT2D eigenvalue weighted by Crippen LogP contribution is -2.47. The van der Waals surface area contributed by atoms with Crippen LogP contribution in [0.5, 0.6) is 5.75 Å². The maximum absolute atomic E-state index is 13.0. The molecule has 1 amide bonds. The van der Waals surface area contributed by atoms with E-state index in [-0.39, 0.29) is 17.8 Å². The summed E-state index contributed by atoms with van der Waals surface area (Å²) in [6.45, 7) is 3.84. The number of piperidine rings is 1. The third-order valence-electron chi connectivity index (χ3n) is 5.30. The summed E-state index contributed by atoms with van der Waals surface area (Å²) in [7, 11) is 0. The van der Waals surface area contributed by atoms with Gasteiger partial charge >= 0.3 is 5.97 Å². The summed E-state index contributed by atoms with van der Waals surface area (Å²) in [5, 5.41) is 3.17. The summed E-state index contributed by atoms with van der Waals surface area (Å²) in [6.07, 6.45) is 2.05. The Morgan fingerprint density at radius 2 is 1.88 bits per heavy atom. The van der Waals surface area contributed by atoms with Gasteiger partial charge in [-0.3, -0.25) is 14.9 Å². The van der Waals surface area contributed by atoms with Crippen molar-refractivity contribution in [1.82, 2.24) is 10.2 Å². The number of likely N-dealkylation sites (tertiary alicyclic amines) is 1. The summed E-state index contributed by atoms with van der Waals surface area (Å²) >= 11 is 8.88. The minimum atomic E-state index is -0.321. The predicted molar refractivity (Wildman–Crippen MR) is 131 cm³/mol. The van der Waals surface area contributed by atoms with Gasteiger partial charge in [0, 0.05) is 24.0 Å². The second kappa shape index (κ2) is 12.0. The molecule has 0 atom stereocenters. The van der Waals surface area contributed by atoms with E-state index >= 15 is 0 Å². The number of benzene rings is 2. The molecule has 32 heavy (non-hydrogen) atoms. The molecule has 1 fully saturated rings. The number of esters is 1. The SMILES string of the molecule is CCOC(=O)C1CCN(C(=S)NC(=O)c2cc(Br)ccc2OCCc2ccccc2)CC1. The molecule has 0 unspecified atom stereocenters. The number of nitrogens with one attached hydrogen (secondary N) is 1. The summed E-state index contributed by atoms with van der Waals surface area (Å²) < 4.78 is 11.8. The minimum absolute atomic E-state index is 0.112. The van der Waals surface area contributed by atoms with Gasteiger partial charge in [0.2, 0.25) is 0 Å². The molecule has 0 saturated carbocycles. The Labute approximate surface area is 202 Å². The van der Waals surface area contributed by atoms with E-state index in [0.717, 1.165) is 10.9 Å². The molecular weight excluding hydrogens is 492 g/mol. The molecule has 3 rings (SSSR count). The Kier molecular flexibility index (Phi) is 9.05. The van der Waals surface area contributed by atoms with Gasteiger partial charge in [-0.25, -0.2) is 0 Å². The summed E-state index contributed by atoms with van der Waals surface area (Å²) in [4.78, 5) is 26.8. The number of nitrogens with zero attached hydrogens (tertiary/aromatic N) is 1. The highest BCUT2D eigenvalue weighted by Crippen LogP contribution is 2.24. The van der Waals surface area contributed by atoms with Crippen molar-refractivity contribution in [3.05, 3.63) is 64.1 Å². The van der Waals surface area contributed by atoms with E-state index in [9.17, 15) is 9.59 Å². The first-order valence-corrected chi connectivity index (χ1v) is 11.9. The molecule has 0 radical (unpaired) electrons. The predicted octanol–water partition coefficient (Wildman–Crippen LogP) is 4.36. The molecule has 1 aliphatic rings. The van der Waals surface area contributed by atoms with Crippen molar-refractivity contribution < 1.29 is 19.1 Å². The number of hydrogen-bond donors (Lipinski definition) is 1. The van der Waals surface area contributed by atoms with Gasteiger partial charge < -0.3 is 14.4 Å². The summed E-state index contributed by atoms with van der Waals surface area (Å²) in [5.74, 6) is -0.0862. The quantitative estimate of drug-likeness (QED) is 0.433. The second-order valence-electron chi connectivity index (χ2n) is 7.50. The Bertz CT molecular complexity index is 946. The van der Waals surface area contributed by atoms with E-state index < -0.39 is 0 Å². The van der Waals surface area contributed by atoms with Crippen molar-refractivity contribution in [2.75, 3.05) is 26.3 Å². The topological polar surface area (TPSA) is 67.9 Å². The molecule has 0 aliphatic carbocycles. The zero-order valence-corrected chi connectivity index (χ0v) is 20.4. The van der Waals surface area contributed by atoms with Crippen molar-refractivity contribution in [2.24, 2.45) is 5.92 Å². The standard InChI is InChI=1S/C24H27BrN2O4S/c1-2-30-23(29)18-10-13-27(14-11-18)24(32)26-22(28)20-16-19(25)8-9-21(20)31-15-12-17-6-4-3-5-7-17/h3-9,16,18H,2,10-15H2,1H3,(H,26,28,32). The van der Waals surface area contributed by atoms with Gasteiger partial charge in [0.15, 0.2) is 5.11 Å². The molecule has 1 N–H and O–H groups in total. The van der Waals surface area contributed by atoms with Gasteiger partial charge in [-0.15, -0.1) is 0 Å². The van der Waals surface area contributed by atoms with Gasteiger partial charge in [-0.1, -0.05) is 46.3 Å². The zero-order chi connectivity index (χ0) is 22.9. The molecule has 8 heteroatoms. The van der Waals surface area contributed by atoms with Crippen molar-refractivity contribution in [2.45, 2.75) is 26.2 Å². The number of thiocarbonyl (C=S) groups is 1. The van der Waals surface area contributed by atoms with Crippen molar-refractivity contribution >= 4 is 45.1 Å². The number of carbonyl (C=O) groups is 2. The van der Waals surface area contributed by atoms with Gasteiger partial charge in [-0.05, 0) is 55.7 Å². The third kappa shape index (κ3) is 6.77. The first-order chi connectivity index (χ1) is 15.5. The molecule has 170 valence electrons. The van der Waals surface area contributed by atoms with Crippen LogP contribution < -0.4 is 10.1 Å². The lowest BCUT2D eigenvalue weighted by molar-refractivity contribution is -0.149. The normalized spacial score (nSPS) is 14.0. The maximum atomic E-state index is 13.0. The summed E-state index contributed by atoms with van der Waals surface area (Å²) in [6, 6.07) is 15.4. The van der Waals surface area contributed by atoms with E-state index in [0.29, 0.717) is 55.6 Å². The highest BCUT2D eigenvalue weighted by Gasteiger charge is 2.28. The van der Waals surface area contributed by atoms with E-state index in [4.69, 9.17) is 21.7 Å². The van der Waals surface area contributed by atoms with Crippen molar-refractivity contribution in [3.8, 4) is 5.75 Å².